The molecule has 0 bridgehead atoms. The van der Waals surface area contributed by atoms with Gasteiger partial charge in [-0.25, -0.2) is 8.42 Å². The molecule has 1 saturated heterocycles. The van der Waals surface area contributed by atoms with Crippen LogP contribution in [0.1, 0.15) is 32.6 Å². The predicted octanol–water partition coefficient (Wildman–Crippen LogP) is -0.357. The molecule has 0 spiro atoms. The number of nitrogens with two attached hydrogens (primary N) is 1. The Morgan fingerprint density at radius 3 is 2.41 bits per heavy atom. The molecule has 0 aromatic heterocycles. The molecule has 0 amide bonds. The highest BCUT2D eigenvalue weighted by Gasteiger charge is 2.37. The summed E-state index contributed by atoms with van der Waals surface area (Å²) in [5.41, 5.74) is 5.54. The molecule has 17 heavy (non-hydrogen) atoms. The van der Waals surface area contributed by atoms with Crippen molar-refractivity contribution in [1.82, 2.24) is 5.32 Å². The van der Waals surface area contributed by atoms with Crippen LogP contribution in [-0.4, -0.2) is 49.8 Å². The highest BCUT2D eigenvalue weighted by atomic mass is 32.2. The largest absolute Gasteiger partial charge is 0.396 e. The van der Waals surface area contributed by atoms with Crippen LogP contribution in [-0.2, 0) is 9.84 Å². The molecule has 1 aliphatic heterocycles. The van der Waals surface area contributed by atoms with Gasteiger partial charge in [-0.2, -0.15) is 0 Å². The van der Waals surface area contributed by atoms with Crippen molar-refractivity contribution in [2.45, 2.75) is 44.2 Å². The molecule has 0 aromatic carbocycles. The second kappa shape index (κ2) is 6.13. The predicted molar refractivity (Wildman–Crippen MR) is 68.6 cm³/mol. The molecule has 1 rings (SSSR count). The van der Waals surface area contributed by atoms with Gasteiger partial charge in [0.1, 0.15) is 9.84 Å². The van der Waals surface area contributed by atoms with Gasteiger partial charge in [-0.3, -0.25) is 0 Å². The highest BCUT2D eigenvalue weighted by molar-refractivity contribution is 7.91. The van der Waals surface area contributed by atoms with Crippen LogP contribution in [0.5, 0.6) is 0 Å². The van der Waals surface area contributed by atoms with Crippen molar-refractivity contribution in [3.8, 4) is 0 Å². The molecule has 1 aliphatic rings. The van der Waals surface area contributed by atoms with Gasteiger partial charge in [0, 0.05) is 24.7 Å². The van der Waals surface area contributed by atoms with Crippen molar-refractivity contribution >= 4 is 9.84 Å². The zero-order chi connectivity index (χ0) is 12.9. The topological polar surface area (TPSA) is 92.4 Å². The first-order valence-electron chi connectivity index (χ1n) is 6.26. The minimum atomic E-state index is -2.86. The standard InChI is InChI=1S/C11H24N2O3S/c1-2-10(3-6-14)13-11(9-12)4-7-17(15,16)8-5-11/h10,13-14H,2-9,12H2,1H3. The number of aliphatic hydroxyl groups excluding tert-OH is 1. The zero-order valence-corrected chi connectivity index (χ0v) is 11.3. The van der Waals surface area contributed by atoms with E-state index in [1.165, 1.54) is 0 Å². The van der Waals surface area contributed by atoms with Gasteiger partial charge < -0.3 is 16.2 Å². The summed E-state index contributed by atoms with van der Waals surface area (Å²) < 4.78 is 22.9. The fourth-order valence-electron chi connectivity index (χ4n) is 2.30. The van der Waals surface area contributed by atoms with Crippen molar-refractivity contribution in [1.29, 1.82) is 0 Å². The van der Waals surface area contributed by atoms with E-state index in [2.05, 4.69) is 12.2 Å². The van der Waals surface area contributed by atoms with E-state index < -0.39 is 9.84 Å². The van der Waals surface area contributed by atoms with Crippen molar-refractivity contribution in [3.63, 3.8) is 0 Å². The third kappa shape index (κ3) is 4.21. The molecule has 1 unspecified atom stereocenters. The third-order valence-electron chi connectivity index (χ3n) is 3.65. The van der Waals surface area contributed by atoms with E-state index in [-0.39, 0.29) is 29.7 Å². The molecule has 1 atom stereocenters. The van der Waals surface area contributed by atoms with E-state index in [9.17, 15) is 8.42 Å². The average molecular weight is 264 g/mol. The van der Waals surface area contributed by atoms with E-state index in [4.69, 9.17) is 10.8 Å². The Morgan fingerprint density at radius 2 is 2.00 bits per heavy atom. The van der Waals surface area contributed by atoms with Gasteiger partial charge in [0.2, 0.25) is 0 Å². The summed E-state index contributed by atoms with van der Waals surface area (Å²) in [6.07, 6.45) is 2.75. The Kier molecular flexibility index (Phi) is 5.37. The SMILES string of the molecule is CCC(CCO)NC1(CN)CCS(=O)(=O)CC1. The van der Waals surface area contributed by atoms with Gasteiger partial charge in [0.25, 0.3) is 0 Å². The minimum Gasteiger partial charge on any atom is -0.396 e. The van der Waals surface area contributed by atoms with E-state index >= 15 is 0 Å². The van der Waals surface area contributed by atoms with Crippen molar-refractivity contribution in [2.75, 3.05) is 24.7 Å². The van der Waals surface area contributed by atoms with E-state index in [1.807, 2.05) is 0 Å². The third-order valence-corrected chi connectivity index (χ3v) is 5.31. The summed E-state index contributed by atoms with van der Waals surface area (Å²) in [5, 5.41) is 12.4. The van der Waals surface area contributed by atoms with Crippen molar-refractivity contribution in [2.24, 2.45) is 5.73 Å². The van der Waals surface area contributed by atoms with E-state index in [1.54, 1.807) is 0 Å². The molecule has 5 nitrogen and oxygen atoms in total. The fourth-order valence-corrected chi connectivity index (χ4v) is 3.91. The molecule has 102 valence electrons. The fraction of sp³-hybridized carbons (Fsp3) is 1.00. The lowest BCUT2D eigenvalue weighted by molar-refractivity contribution is 0.215. The van der Waals surface area contributed by atoms with Crippen LogP contribution in [0.15, 0.2) is 0 Å². The lowest BCUT2D eigenvalue weighted by atomic mass is 9.90. The number of hydrogen-bond donors (Lipinski definition) is 3. The number of sulfone groups is 1. The monoisotopic (exact) mass is 264 g/mol. The molecule has 6 heteroatoms. The van der Waals surface area contributed by atoms with Crippen LogP contribution in [0.25, 0.3) is 0 Å². The maximum atomic E-state index is 11.4. The quantitative estimate of drug-likeness (QED) is 0.609. The van der Waals surface area contributed by atoms with Crippen LogP contribution in [0, 0.1) is 0 Å². The summed E-state index contributed by atoms with van der Waals surface area (Å²) in [4.78, 5) is 0. The molecular formula is C11H24N2O3S. The first-order chi connectivity index (χ1) is 7.97. The Labute approximate surface area is 104 Å². The second-order valence-electron chi connectivity index (χ2n) is 4.90. The van der Waals surface area contributed by atoms with Crippen molar-refractivity contribution < 1.29 is 13.5 Å². The Bertz CT molecular complexity index is 316. The molecule has 1 fully saturated rings. The Balaban J connectivity index is 2.64. The van der Waals surface area contributed by atoms with Crippen LogP contribution in [0.4, 0.5) is 0 Å². The summed E-state index contributed by atoms with van der Waals surface area (Å²) in [5.74, 6) is 0.430. The summed E-state index contributed by atoms with van der Waals surface area (Å²) >= 11 is 0. The normalized spacial score (nSPS) is 24.4. The zero-order valence-electron chi connectivity index (χ0n) is 10.5. The lowest BCUT2D eigenvalue weighted by Gasteiger charge is -2.40. The number of rotatable bonds is 6. The van der Waals surface area contributed by atoms with Crippen LogP contribution < -0.4 is 11.1 Å². The maximum absolute atomic E-state index is 11.4. The van der Waals surface area contributed by atoms with Gasteiger partial charge in [-0.1, -0.05) is 6.92 Å². The van der Waals surface area contributed by atoms with E-state index in [0.29, 0.717) is 25.8 Å². The smallest absolute Gasteiger partial charge is 0.150 e. The van der Waals surface area contributed by atoms with Crippen LogP contribution in [0.2, 0.25) is 0 Å². The molecule has 0 aromatic rings. The number of nitrogens with one attached hydrogen (secondary N) is 1. The summed E-state index contributed by atoms with van der Waals surface area (Å²) in [6, 6.07) is 0.212. The second-order valence-corrected chi connectivity index (χ2v) is 7.20. The molecule has 0 aliphatic carbocycles. The van der Waals surface area contributed by atoms with Gasteiger partial charge in [-0.05, 0) is 25.7 Å². The van der Waals surface area contributed by atoms with Gasteiger partial charge in [0.15, 0.2) is 0 Å². The number of aliphatic hydroxyl groups is 1. The molecular weight excluding hydrogens is 240 g/mol. The molecule has 1 heterocycles. The molecule has 0 saturated carbocycles. The van der Waals surface area contributed by atoms with Crippen molar-refractivity contribution in [3.05, 3.63) is 0 Å². The van der Waals surface area contributed by atoms with Gasteiger partial charge in [-0.15, -0.1) is 0 Å². The number of hydrogen-bond acceptors (Lipinski definition) is 5. The first kappa shape index (κ1) is 14.9. The van der Waals surface area contributed by atoms with Crippen LogP contribution >= 0.6 is 0 Å². The average Bonchev–Trinajstić information content (AvgIpc) is 2.31. The minimum absolute atomic E-state index is 0.143. The lowest BCUT2D eigenvalue weighted by Crippen LogP contribution is -2.58. The maximum Gasteiger partial charge on any atom is 0.150 e. The summed E-state index contributed by atoms with van der Waals surface area (Å²) in [7, 11) is -2.86. The Hall–Kier alpha value is -0.170. The summed E-state index contributed by atoms with van der Waals surface area (Å²) in [6.45, 7) is 2.64. The van der Waals surface area contributed by atoms with Crippen LogP contribution in [0.3, 0.4) is 0 Å². The Morgan fingerprint density at radius 1 is 1.41 bits per heavy atom. The molecule has 4 N–H and O–H groups in total. The first-order valence-corrected chi connectivity index (χ1v) is 8.08. The molecule has 0 radical (unpaired) electrons. The van der Waals surface area contributed by atoms with Gasteiger partial charge >= 0.3 is 0 Å². The van der Waals surface area contributed by atoms with Gasteiger partial charge in [0.05, 0.1) is 11.5 Å². The van der Waals surface area contributed by atoms with E-state index in [0.717, 1.165) is 6.42 Å². The highest BCUT2D eigenvalue weighted by Crippen LogP contribution is 2.24.